The zero-order chi connectivity index (χ0) is 27.3. The van der Waals surface area contributed by atoms with Gasteiger partial charge in [0, 0.05) is 6.42 Å². The van der Waals surface area contributed by atoms with Gasteiger partial charge < -0.3 is 10.6 Å². The molecular weight excluding hydrogens is 531 g/mol. The van der Waals surface area contributed by atoms with Crippen molar-refractivity contribution < 1.29 is 48.3 Å². The lowest BCUT2D eigenvalue weighted by Gasteiger charge is -2.16. The smallest absolute Gasteiger partial charge is 0.335 e. The first kappa shape index (κ1) is 26.1. The number of halogens is 11. The van der Waals surface area contributed by atoms with Crippen LogP contribution < -0.4 is 10.6 Å². The molecule has 0 radical (unpaired) electrons. The summed E-state index contributed by atoms with van der Waals surface area (Å²) in [6.45, 7) is 0. The third-order valence-corrected chi connectivity index (χ3v) is 4.95. The Hall–Kier alpha value is -3.98. The Morgan fingerprint density at radius 1 is 0.622 bits per heavy atom. The van der Waals surface area contributed by atoms with Crippen LogP contribution in [0.4, 0.5) is 77.1 Å². The topological polar surface area (TPSA) is 62.2 Å². The number of aromatic nitrogens is 2. The van der Waals surface area contributed by atoms with E-state index in [2.05, 4.69) is 25.6 Å². The van der Waals surface area contributed by atoms with Crippen molar-refractivity contribution >= 4 is 34.5 Å². The Balaban J connectivity index is 1.75. The fourth-order valence-electron chi connectivity index (χ4n) is 3.17. The minimum absolute atomic E-state index is 0.145. The lowest BCUT2D eigenvalue weighted by molar-refractivity contribution is -0.138. The van der Waals surface area contributed by atoms with Crippen LogP contribution in [-0.2, 0) is 18.8 Å². The van der Waals surface area contributed by atoms with Gasteiger partial charge in [-0.25, -0.2) is 23.7 Å². The predicted octanol–water partition coefficient (Wildman–Crippen LogP) is 7.47. The van der Waals surface area contributed by atoms with E-state index in [-0.39, 0.29) is 17.8 Å². The van der Waals surface area contributed by atoms with Gasteiger partial charge in [-0.15, -0.1) is 0 Å². The zero-order valence-electron chi connectivity index (χ0n) is 17.7. The van der Waals surface area contributed by atoms with Crippen molar-refractivity contribution in [2.45, 2.75) is 24.9 Å². The summed E-state index contributed by atoms with van der Waals surface area (Å²) in [5.74, 6) is -4.56. The van der Waals surface area contributed by atoms with Crippen LogP contribution in [0.1, 0.15) is 16.8 Å². The molecule has 0 saturated carbocycles. The molecule has 2 heterocycles. The lowest BCUT2D eigenvalue weighted by Crippen LogP contribution is -2.22. The van der Waals surface area contributed by atoms with E-state index in [1.165, 1.54) is 0 Å². The van der Waals surface area contributed by atoms with Crippen molar-refractivity contribution in [3.63, 3.8) is 0 Å². The van der Waals surface area contributed by atoms with Gasteiger partial charge in [0.15, 0.2) is 17.5 Å². The first-order chi connectivity index (χ1) is 17.0. The molecule has 3 aromatic rings. The van der Waals surface area contributed by atoms with Crippen LogP contribution >= 0.6 is 0 Å². The fraction of sp³-hybridized carbons (Fsp3) is 0.190. The SMILES string of the molecule is Fc1cc(C(F)(F)F)ccc1Nc1nc2c(nc1Nc1ccc(C(F)(F)F)cc1F)N=C(C(F)(F)F)C2. The first-order valence-electron chi connectivity index (χ1n) is 9.85. The Morgan fingerprint density at radius 3 is 1.49 bits per heavy atom. The fourth-order valence-corrected chi connectivity index (χ4v) is 3.17. The zero-order valence-corrected chi connectivity index (χ0v) is 17.7. The van der Waals surface area contributed by atoms with E-state index in [1.54, 1.807) is 0 Å². The van der Waals surface area contributed by atoms with Crippen molar-refractivity contribution in [1.82, 2.24) is 9.97 Å². The number of rotatable bonds is 4. The number of alkyl halides is 9. The molecular formula is C21H10F11N5. The number of hydrogen-bond acceptors (Lipinski definition) is 5. The van der Waals surface area contributed by atoms with Crippen molar-refractivity contribution in [1.29, 1.82) is 0 Å². The second-order valence-electron chi connectivity index (χ2n) is 7.56. The van der Waals surface area contributed by atoms with Gasteiger partial charge in [-0.2, -0.15) is 39.5 Å². The van der Waals surface area contributed by atoms with Gasteiger partial charge in [0.1, 0.15) is 17.3 Å². The van der Waals surface area contributed by atoms with Crippen molar-refractivity contribution in [3.8, 4) is 0 Å². The van der Waals surface area contributed by atoms with Crippen molar-refractivity contribution in [2.24, 2.45) is 4.99 Å². The second kappa shape index (κ2) is 8.85. The molecule has 1 aliphatic rings. The molecule has 0 unspecified atom stereocenters. The number of fused-ring (bicyclic) bond motifs is 1. The Bertz CT molecular complexity index is 1390. The molecule has 5 nitrogen and oxygen atoms in total. The van der Waals surface area contributed by atoms with E-state index in [0.29, 0.717) is 24.3 Å². The number of aliphatic imine (C=N–C) groups is 1. The van der Waals surface area contributed by atoms with E-state index in [0.717, 1.165) is 0 Å². The molecule has 2 aromatic carbocycles. The molecule has 0 fully saturated rings. The lowest BCUT2D eigenvalue weighted by atomic mass is 10.2. The van der Waals surface area contributed by atoms with Gasteiger partial charge in [0.25, 0.3) is 0 Å². The molecule has 196 valence electrons. The van der Waals surface area contributed by atoms with Crippen LogP contribution in [0.25, 0.3) is 0 Å². The molecule has 1 aromatic heterocycles. The maximum absolute atomic E-state index is 14.4. The van der Waals surface area contributed by atoms with Crippen molar-refractivity contribution in [2.75, 3.05) is 10.6 Å². The van der Waals surface area contributed by atoms with E-state index >= 15 is 0 Å². The minimum Gasteiger partial charge on any atom is -0.335 e. The average molecular weight is 541 g/mol. The summed E-state index contributed by atoms with van der Waals surface area (Å²) in [5.41, 5.74) is -5.51. The van der Waals surface area contributed by atoms with E-state index in [1.807, 2.05) is 0 Å². The monoisotopic (exact) mass is 541 g/mol. The predicted molar refractivity (Wildman–Crippen MR) is 108 cm³/mol. The summed E-state index contributed by atoms with van der Waals surface area (Å²) in [7, 11) is 0. The summed E-state index contributed by atoms with van der Waals surface area (Å²) in [6, 6.07) is 2.66. The standard InChI is InChI=1S/C21H10F11N5/c22-10-5-8(19(24,25)26)1-3-12(10)33-17-18(34-13-4-2-9(6-11(13)23)20(27,28)29)37-16-14(35-17)7-15(36-16)21(30,31)32/h1-6H,7H2,(H,33,35)(H,34,37). The van der Waals surface area contributed by atoms with Crippen LogP contribution in [0.5, 0.6) is 0 Å². The number of nitrogens with one attached hydrogen (secondary N) is 2. The number of anilines is 4. The van der Waals surface area contributed by atoms with Gasteiger partial charge in [-0.3, -0.25) is 0 Å². The third-order valence-electron chi connectivity index (χ3n) is 4.95. The quantitative estimate of drug-likeness (QED) is 0.337. The molecule has 0 amide bonds. The van der Waals surface area contributed by atoms with Crippen LogP contribution in [0.3, 0.4) is 0 Å². The van der Waals surface area contributed by atoms with Crippen LogP contribution in [0, 0.1) is 11.6 Å². The molecule has 0 saturated heterocycles. The maximum atomic E-state index is 14.4. The van der Waals surface area contributed by atoms with Gasteiger partial charge in [0.05, 0.1) is 28.2 Å². The van der Waals surface area contributed by atoms with Gasteiger partial charge in [0.2, 0.25) is 0 Å². The molecule has 1 aliphatic heterocycles. The average Bonchev–Trinajstić information content (AvgIpc) is 3.18. The molecule has 16 heteroatoms. The van der Waals surface area contributed by atoms with E-state index in [9.17, 15) is 48.3 Å². The molecule has 37 heavy (non-hydrogen) atoms. The van der Waals surface area contributed by atoms with E-state index in [4.69, 9.17) is 0 Å². The summed E-state index contributed by atoms with van der Waals surface area (Å²) < 4.78 is 145. The van der Waals surface area contributed by atoms with Crippen LogP contribution in [0.2, 0.25) is 0 Å². The Kier molecular flexibility index (Phi) is 6.24. The minimum atomic E-state index is -4.87. The summed E-state index contributed by atoms with van der Waals surface area (Å²) in [6.07, 6.45) is -15.4. The Morgan fingerprint density at radius 2 is 1.08 bits per heavy atom. The normalized spacial score (nSPS) is 13.9. The molecule has 0 bridgehead atoms. The molecule has 0 atom stereocenters. The highest BCUT2D eigenvalue weighted by molar-refractivity contribution is 5.97. The molecule has 0 spiro atoms. The van der Waals surface area contributed by atoms with E-state index < -0.39 is 82.3 Å². The third kappa shape index (κ3) is 5.56. The molecule has 0 aliphatic carbocycles. The summed E-state index contributed by atoms with van der Waals surface area (Å²) >= 11 is 0. The highest BCUT2D eigenvalue weighted by Crippen LogP contribution is 2.38. The van der Waals surface area contributed by atoms with Gasteiger partial charge in [-0.05, 0) is 36.4 Å². The highest BCUT2D eigenvalue weighted by Gasteiger charge is 2.40. The Labute approximate surface area is 199 Å². The van der Waals surface area contributed by atoms with Crippen molar-refractivity contribution in [3.05, 3.63) is 64.9 Å². The maximum Gasteiger partial charge on any atom is 0.429 e. The van der Waals surface area contributed by atoms with Gasteiger partial charge in [-0.1, -0.05) is 0 Å². The summed E-state index contributed by atoms with van der Waals surface area (Å²) in [4.78, 5) is 11.0. The largest absolute Gasteiger partial charge is 0.429 e. The number of nitrogens with zero attached hydrogens (tertiary/aromatic N) is 3. The van der Waals surface area contributed by atoms with Crippen LogP contribution in [-0.4, -0.2) is 21.9 Å². The highest BCUT2D eigenvalue weighted by atomic mass is 19.4. The summed E-state index contributed by atoms with van der Waals surface area (Å²) in [5, 5.41) is 4.51. The van der Waals surface area contributed by atoms with Gasteiger partial charge >= 0.3 is 18.5 Å². The number of hydrogen-bond donors (Lipinski definition) is 2. The molecule has 2 N–H and O–H groups in total. The second-order valence-corrected chi connectivity index (χ2v) is 7.56. The first-order valence-corrected chi connectivity index (χ1v) is 9.85. The molecule has 4 rings (SSSR count). The van der Waals surface area contributed by atoms with Crippen LogP contribution in [0.15, 0.2) is 41.4 Å². The number of benzene rings is 2.